The van der Waals surface area contributed by atoms with E-state index >= 15 is 4.39 Å². The molecule has 1 fully saturated rings. The lowest BCUT2D eigenvalue weighted by atomic mass is 9.80. The van der Waals surface area contributed by atoms with Crippen LogP contribution in [0.4, 0.5) is 4.39 Å². The maximum absolute atomic E-state index is 15.2. The second-order valence-corrected chi connectivity index (χ2v) is 8.95. The zero-order valence-corrected chi connectivity index (χ0v) is 19.8. The normalized spacial score (nSPS) is 19.9. The molecule has 5 rings (SSSR count). The van der Waals surface area contributed by atoms with Gasteiger partial charge in [0.15, 0.2) is 0 Å². The number of halogens is 1. The number of aromatic nitrogens is 2. The van der Waals surface area contributed by atoms with E-state index < -0.39 is 35.4 Å². The van der Waals surface area contributed by atoms with Crippen LogP contribution in [-0.2, 0) is 15.1 Å². The summed E-state index contributed by atoms with van der Waals surface area (Å²) in [5, 5.41) is 0. The van der Waals surface area contributed by atoms with Crippen molar-refractivity contribution >= 4 is 0 Å². The Bertz CT molecular complexity index is 1320. The number of hydrogen-bond donors (Lipinski definition) is 1. The summed E-state index contributed by atoms with van der Waals surface area (Å²) < 4.78 is 29.1. The number of nitrogens with one attached hydrogen (secondary N) is 1. The quantitative estimate of drug-likeness (QED) is 0.391. The Morgan fingerprint density at radius 1 is 0.917 bits per heavy atom. The number of alkyl halides is 1. The summed E-state index contributed by atoms with van der Waals surface area (Å²) in [4.78, 5) is 26.3. The summed E-state index contributed by atoms with van der Waals surface area (Å²) in [7, 11) is 0. The Hall–Kier alpha value is -3.81. The van der Waals surface area contributed by atoms with Crippen LogP contribution >= 0.6 is 0 Å². The second-order valence-electron chi connectivity index (χ2n) is 8.95. The molecule has 1 aliphatic heterocycles. The van der Waals surface area contributed by atoms with Crippen LogP contribution in [0.1, 0.15) is 34.9 Å². The monoisotopic (exact) mass is 486 g/mol. The Balaban J connectivity index is 1.50. The number of H-pyrrole nitrogens is 1. The summed E-state index contributed by atoms with van der Waals surface area (Å²) in [6, 6.07) is 29.5. The average Bonchev–Trinajstić information content (AvgIpc) is 3.28. The molecule has 1 N–H and O–H groups in total. The van der Waals surface area contributed by atoms with Gasteiger partial charge in [0.05, 0.1) is 6.61 Å². The summed E-state index contributed by atoms with van der Waals surface area (Å²) >= 11 is 0. The second kappa shape index (κ2) is 10.0. The first kappa shape index (κ1) is 23.9. The minimum atomic E-state index is -1.35. The third kappa shape index (κ3) is 4.43. The van der Waals surface area contributed by atoms with Crippen LogP contribution in [0.15, 0.2) is 107 Å². The van der Waals surface area contributed by atoms with Crippen molar-refractivity contribution in [1.82, 2.24) is 9.55 Å². The molecular weight excluding hydrogens is 459 g/mol. The van der Waals surface area contributed by atoms with Crippen LogP contribution in [0, 0.1) is 6.92 Å². The topological polar surface area (TPSA) is 73.3 Å². The molecule has 184 valence electrons. The molecule has 0 unspecified atom stereocenters. The van der Waals surface area contributed by atoms with Gasteiger partial charge in [-0.15, -0.1) is 0 Å². The van der Waals surface area contributed by atoms with Gasteiger partial charge < -0.3 is 9.47 Å². The minimum absolute atomic E-state index is 0.0194. The molecule has 7 heteroatoms. The highest BCUT2D eigenvalue weighted by atomic mass is 19.1. The molecule has 4 aromatic rings. The van der Waals surface area contributed by atoms with Crippen molar-refractivity contribution in [3.05, 3.63) is 140 Å². The van der Waals surface area contributed by atoms with Gasteiger partial charge in [-0.2, -0.15) is 0 Å². The first-order valence-corrected chi connectivity index (χ1v) is 11.9. The lowest BCUT2D eigenvalue weighted by Crippen LogP contribution is -2.37. The molecule has 1 aromatic heterocycles. The fourth-order valence-electron chi connectivity index (χ4n) is 4.79. The number of benzene rings is 3. The lowest BCUT2D eigenvalue weighted by Gasteiger charge is -2.36. The molecule has 0 spiro atoms. The minimum Gasteiger partial charge on any atom is -0.358 e. The summed E-state index contributed by atoms with van der Waals surface area (Å²) in [5.74, 6) is 0. The van der Waals surface area contributed by atoms with Gasteiger partial charge >= 0.3 is 5.69 Å². The lowest BCUT2D eigenvalue weighted by molar-refractivity contribution is -0.0868. The third-order valence-electron chi connectivity index (χ3n) is 6.62. The van der Waals surface area contributed by atoms with Crippen molar-refractivity contribution < 1.29 is 13.9 Å². The summed E-state index contributed by atoms with van der Waals surface area (Å²) in [5.41, 5.74) is 0.959. The van der Waals surface area contributed by atoms with E-state index in [1.165, 1.54) is 10.8 Å². The molecule has 0 aliphatic carbocycles. The molecule has 1 saturated heterocycles. The van der Waals surface area contributed by atoms with Crippen molar-refractivity contribution in [2.45, 2.75) is 37.4 Å². The Morgan fingerprint density at radius 2 is 1.42 bits per heavy atom. The molecule has 2 heterocycles. The van der Waals surface area contributed by atoms with Crippen molar-refractivity contribution in [2.24, 2.45) is 0 Å². The summed E-state index contributed by atoms with van der Waals surface area (Å²) in [6.07, 6.45) is -1.70. The van der Waals surface area contributed by atoms with Crippen molar-refractivity contribution in [1.29, 1.82) is 0 Å². The first-order chi connectivity index (χ1) is 17.5. The molecular formula is C29H27FN2O4. The van der Waals surface area contributed by atoms with Crippen LogP contribution < -0.4 is 11.2 Å². The van der Waals surface area contributed by atoms with E-state index in [4.69, 9.17) is 9.47 Å². The number of rotatable bonds is 7. The van der Waals surface area contributed by atoms with E-state index in [9.17, 15) is 9.59 Å². The molecule has 36 heavy (non-hydrogen) atoms. The van der Waals surface area contributed by atoms with Gasteiger partial charge in [-0.25, -0.2) is 9.18 Å². The molecule has 1 aliphatic rings. The first-order valence-electron chi connectivity index (χ1n) is 11.9. The van der Waals surface area contributed by atoms with Gasteiger partial charge in [-0.3, -0.25) is 14.3 Å². The van der Waals surface area contributed by atoms with Gasteiger partial charge in [0.1, 0.15) is 24.1 Å². The van der Waals surface area contributed by atoms with E-state index in [2.05, 4.69) is 4.98 Å². The molecule has 0 amide bonds. The van der Waals surface area contributed by atoms with E-state index in [-0.39, 0.29) is 13.0 Å². The smallest absolute Gasteiger partial charge is 0.330 e. The number of hydrogen-bond acceptors (Lipinski definition) is 4. The average molecular weight is 487 g/mol. The van der Waals surface area contributed by atoms with Crippen molar-refractivity contribution in [2.75, 3.05) is 6.61 Å². The zero-order valence-electron chi connectivity index (χ0n) is 19.8. The predicted octanol–water partition coefficient (Wildman–Crippen LogP) is 4.48. The molecule has 0 bridgehead atoms. The van der Waals surface area contributed by atoms with E-state index in [1.807, 2.05) is 91.0 Å². The predicted molar refractivity (Wildman–Crippen MR) is 135 cm³/mol. The zero-order chi connectivity index (χ0) is 25.1. The SMILES string of the molecule is Cc1cn([C@H]2C[C@@H](F)[C@H](COC(c3ccccc3)(c3ccccc3)c3ccccc3)O2)c(=O)[nH]c1=O. The molecule has 3 atom stereocenters. The van der Waals surface area contributed by atoms with Crippen LogP contribution in [0.2, 0.25) is 0 Å². The highest BCUT2D eigenvalue weighted by Crippen LogP contribution is 2.41. The summed E-state index contributed by atoms with van der Waals surface area (Å²) in [6.45, 7) is 1.54. The molecule has 3 aromatic carbocycles. The highest BCUT2D eigenvalue weighted by molar-refractivity contribution is 5.47. The van der Waals surface area contributed by atoms with E-state index in [1.54, 1.807) is 6.92 Å². The van der Waals surface area contributed by atoms with Gasteiger partial charge in [0.2, 0.25) is 0 Å². The van der Waals surface area contributed by atoms with Crippen molar-refractivity contribution in [3.8, 4) is 0 Å². The fraction of sp³-hybridized carbons (Fsp3) is 0.241. The van der Waals surface area contributed by atoms with Gasteiger partial charge in [0.25, 0.3) is 5.56 Å². The number of nitrogens with zero attached hydrogens (tertiary/aromatic N) is 1. The van der Waals surface area contributed by atoms with E-state index in [0.717, 1.165) is 16.7 Å². The largest absolute Gasteiger partial charge is 0.358 e. The van der Waals surface area contributed by atoms with Crippen molar-refractivity contribution in [3.63, 3.8) is 0 Å². The van der Waals surface area contributed by atoms with Gasteiger partial charge in [-0.05, 0) is 23.6 Å². The Kier molecular flexibility index (Phi) is 6.67. The Morgan fingerprint density at radius 3 is 1.92 bits per heavy atom. The number of aromatic amines is 1. The van der Waals surface area contributed by atoms with Crippen LogP contribution in [-0.4, -0.2) is 28.4 Å². The van der Waals surface area contributed by atoms with Gasteiger partial charge in [-0.1, -0.05) is 91.0 Å². The maximum atomic E-state index is 15.2. The Labute approximate surface area is 208 Å². The third-order valence-corrected chi connectivity index (χ3v) is 6.62. The highest BCUT2D eigenvalue weighted by Gasteiger charge is 2.42. The number of ether oxygens (including phenoxy) is 2. The van der Waals surface area contributed by atoms with Crippen LogP contribution in [0.5, 0.6) is 0 Å². The maximum Gasteiger partial charge on any atom is 0.330 e. The fourth-order valence-corrected chi connectivity index (χ4v) is 4.79. The molecule has 6 nitrogen and oxygen atoms in total. The van der Waals surface area contributed by atoms with Crippen LogP contribution in [0.25, 0.3) is 0 Å². The number of aryl methyl sites for hydroxylation is 1. The van der Waals surface area contributed by atoms with Gasteiger partial charge in [0, 0.05) is 18.2 Å². The van der Waals surface area contributed by atoms with Crippen LogP contribution in [0.3, 0.4) is 0 Å². The molecule has 0 radical (unpaired) electrons. The van der Waals surface area contributed by atoms with E-state index in [0.29, 0.717) is 5.56 Å². The molecule has 0 saturated carbocycles. The standard InChI is InChI=1S/C29H27FN2O4/c1-20-18-32(28(34)31-27(20)33)26-17-24(30)25(36-26)19-35-29(21-11-5-2-6-12-21,22-13-7-3-8-14-22)23-15-9-4-10-16-23/h2-16,18,24-26H,17,19H2,1H3,(H,31,33,34)/t24-,25+,26-/m1/s1.